The molecule has 0 saturated carbocycles. The number of aliphatic hydroxyl groups is 1. The highest BCUT2D eigenvalue weighted by Gasteiger charge is 2.17. The Labute approximate surface area is 100 Å². The van der Waals surface area contributed by atoms with E-state index >= 15 is 0 Å². The second-order valence-electron chi connectivity index (χ2n) is 4.31. The first-order chi connectivity index (χ1) is 8.16. The fourth-order valence-electron chi connectivity index (χ4n) is 1.85. The second kappa shape index (κ2) is 5.47. The van der Waals surface area contributed by atoms with Gasteiger partial charge in [-0.2, -0.15) is 0 Å². The molecule has 3 nitrogen and oxygen atoms in total. The average Bonchev–Trinajstić information content (AvgIpc) is 2.80. The summed E-state index contributed by atoms with van der Waals surface area (Å²) in [5.41, 5.74) is 0.548. The van der Waals surface area contributed by atoms with Crippen molar-refractivity contribution < 1.29 is 19.0 Å². The van der Waals surface area contributed by atoms with E-state index in [2.05, 4.69) is 0 Å². The van der Waals surface area contributed by atoms with Gasteiger partial charge >= 0.3 is 0 Å². The predicted molar refractivity (Wildman–Crippen MR) is 61.5 cm³/mol. The molecule has 0 aliphatic carbocycles. The summed E-state index contributed by atoms with van der Waals surface area (Å²) in [4.78, 5) is 0. The van der Waals surface area contributed by atoms with Crippen LogP contribution in [0, 0.1) is 5.82 Å². The highest BCUT2D eigenvalue weighted by atomic mass is 19.1. The fraction of sp³-hybridized carbons (Fsp3) is 0.538. The van der Waals surface area contributed by atoms with Gasteiger partial charge in [-0.25, -0.2) is 4.39 Å². The molecule has 94 valence electrons. The Morgan fingerprint density at radius 1 is 1.59 bits per heavy atom. The lowest BCUT2D eigenvalue weighted by atomic mass is 10.1. The van der Waals surface area contributed by atoms with Crippen LogP contribution in [0.5, 0.6) is 5.75 Å². The molecule has 1 aliphatic heterocycles. The number of halogens is 1. The number of ether oxygens (including phenoxy) is 2. The molecule has 0 radical (unpaired) electrons. The Hall–Kier alpha value is -1.13. The summed E-state index contributed by atoms with van der Waals surface area (Å²) in [6.07, 6.45) is 1.41. The van der Waals surface area contributed by atoms with Crippen LogP contribution in [0.2, 0.25) is 0 Å². The van der Waals surface area contributed by atoms with Crippen molar-refractivity contribution in [3.63, 3.8) is 0 Å². The largest absolute Gasteiger partial charge is 0.488 e. The minimum absolute atomic E-state index is 0.0749. The molecule has 1 aromatic rings. The van der Waals surface area contributed by atoms with E-state index in [9.17, 15) is 9.50 Å². The first kappa shape index (κ1) is 12.3. The van der Waals surface area contributed by atoms with Crippen molar-refractivity contribution in [1.82, 2.24) is 0 Å². The highest BCUT2D eigenvalue weighted by molar-refractivity contribution is 5.30. The lowest BCUT2D eigenvalue weighted by Gasteiger charge is -2.13. The van der Waals surface area contributed by atoms with E-state index in [1.54, 1.807) is 19.1 Å². The first-order valence-electron chi connectivity index (χ1n) is 5.88. The average molecular weight is 240 g/mol. The molecular weight excluding hydrogens is 223 g/mol. The van der Waals surface area contributed by atoms with Gasteiger partial charge in [0.25, 0.3) is 0 Å². The quantitative estimate of drug-likeness (QED) is 0.878. The van der Waals surface area contributed by atoms with Crippen LogP contribution in [0.4, 0.5) is 4.39 Å². The maximum Gasteiger partial charge on any atom is 0.165 e. The Bertz CT molecular complexity index is 373. The van der Waals surface area contributed by atoms with Crippen molar-refractivity contribution in [3.8, 4) is 5.75 Å². The number of hydrogen-bond donors (Lipinski definition) is 1. The third kappa shape index (κ3) is 3.17. The second-order valence-corrected chi connectivity index (χ2v) is 4.31. The minimum Gasteiger partial charge on any atom is -0.488 e. The molecule has 0 aromatic heterocycles. The van der Waals surface area contributed by atoms with Gasteiger partial charge in [0, 0.05) is 6.61 Å². The summed E-state index contributed by atoms with van der Waals surface area (Å²) < 4.78 is 24.4. The molecule has 1 aromatic carbocycles. The van der Waals surface area contributed by atoms with Crippen LogP contribution < -0.4 is 4.74 Å². The van der Waals surface area contributed by atoms with Crippen molar-refractivity contribution >= 4 is 0 Å². The van der Waals surface area contributed by atoms with Crippen LogP contribution in [0.3, 0.4) is 0 Å². The van der Waals surface area contributed by atoms with Crippen molar-refractivity contribution in [2.45, 2.75) is 32.0 Å². The van der Waals surface area contributed by atoms with Gasteiger partial charge in [-0.05, 0) is 37.5 Å². The molecule has 4 heteroatoms. The lowest BCUT2D eigenvalue weighted by Crippen LogP contribution is -2.16. The zero-order valence-corrected chi connectivity index (χ0v) is 9.86. The Balaban J connectivity index is 1.96. The van der Waals surface area contributed by atoms with Crippen molar-refractivity contribution in [2.24, 2.45) is 0 Å². The van der Waals surface area contributed by atoms with E-state index in [1.807, 2.05) is 0 Å². The topological polar surface area (TPSA) is 38.7 Å². The molecule has 1 aliphatic rings. The number of aliphatic hydroxyl groups excluding tert-OH is 1. The van der Waals surface area contributed by atoms with E-state index in [4.69, 9.17) is 9.47 Å². The molecule has 1 saturated heterocycles. The molecule has 17 heavy (non-hydrogen) atoms. The third-order valence-electron chi connectivity index (χ3n) is 2.89. The molecule has 0 bridgehead atoms. The molecule has 1 N–H and O–H groups in total. The van der Waals surface area contributed by atoms with Gasteiger partial charge in [0.15, 0.2) is 11.6 Å². The smallest absolute Gasteiger partial charge is 0.165 e. The van der Waals surface area contributed by atoms with Crippen LogP contribution in [0.15, 0.2) is 18.2 Å². The maximum atomic E-state index is 13.6. The first-order valence-corrected chi connectivity index (χ1v) is 5.88. The van der Waals surface area contributed by atoms with Gasteiger partial charge < -0.3 is 14.6 Å². The summed E-state index contributed by atoms with van der Waals surface area (Å²) in [5.74, 6) is -0.230. The normalized spacial score (nSPS) is 21.5. The van der Waals surface area contributed by atoms with Gasteiger partial charge in [-0.1, -0.05) is 6.07 Å². The molecule has 2 rings (SSSR count). The minimum atomic E-state index is -0.670. The summed E-state index contributed by atoms with van der Waals surface area (Å²) in [6, 6.07) is 4.51. The van der Waals surface area contributed by atoms with E-state index in [0.29, 0.717) is 12.2 Å². The Morgan fingerprint density at radius 2 is 2.41 bits per heavy atom. The third-order valence-corrected chi connectivity index (χ3v) is 2.89. The number of benzene rings is 1. The predicted octanol–water partition coefficient (Wildman–Crippen LogP) is 2.44. The van der Waals surface area contributed by atoms with Gasteiger partial charge in [-0.3, -0.25) is 0 Å². The molecular formula is C13H17FO3. The zero-order valence-electron chi connectivity index (χ0n) is 9.86. The van der Waals surface area contributed by atoms with E-state index in [0.717, 1.165) is 19.4 Å². The van der Waals surface area contributed by atoms with Crippen molar-refractivity contribution in [2.75, 3.05) is 13.2 Å². The molecule has 1 heterocycles. The zero-order chi connectivity index (χ0) is 12.3. The molecule has 2 atom stereocenters. The summed E-state index contributed by atoms with van der Waals surface area (Å²) in [5, 5.41) is 9.31. The number of hydrogen-bond acceptors (Lipinski definition) is 3. The molecule has 0 amide bonds. The van der Waals surface area contributed by atoms with Crippen LogP contribution in [0.25, 0.3) is 0 Å². The molecule has 2 unspecified atom stereocenters. The summed E-state index contributed by atoms with van der Waals surface area (Å²) >= 11 is 0. The Morgan fingerprint density at radius 3 is 3.00 bits per heavy atom. The van der Waals surface area contributed by atoms with Gasteiger partial charge in [0.05, 0.1) is 12.2 Å². The summed E-state index contributed by atoms with van der Waals surface area (Å²) in [6.45, 7) is 2.74. The van der Waals surface area contributed by atoms with Crippen LogP contribution in [-0.4, -0.2) is 24.4 Å². The van der Waals surface area contributed by atoms with Crippen LogP contribution in [0.1, 0.15) is 31.4 Å². The molecule has 0 spiro atoms. The number of rotatable bonds is 4. The van der Waals surface area contributed by atoms with Crippen LogP contribution in [-0.2, 0) is 4.74 Å². The van der Waals surface area contributed by atoms with Crippen molar-refractivity contribution in [1.29, 1.82) is 0 Å². The van der Waals surface area contributed by atoms with Crippen molar-refractivity contribution in [3.05, 3.63) is 29.6 Å². The molecule has 1 fully saturated rings. The monoisotopic (exact) mass is 240 g/mol. The lowest BCUT2D eigenvalue weighted by molar-refractivity contribution is 0.0665. The van der Waals surface area contributed by atoms with E-state index in [-0.39, 0.29) is 11.9 Å². The van der Waals surface area contributed by atoms with Gasteiger partial charge in [-0.15, -0.1) is 0 Å². The van der Waals surface area contributed by atoms with Gasteiger partial charge in [0.1, 0.15) is 6.61 Å². The maximum absolute atomic E-state index is 13.6. The highest BCUT2D eigenvalue weighted by Crippen LogP contribution is 2.23. The standard InChI is InChI=1S/C13H17FO3/c1-9(15)10-4-5-13(12(14)7-10)17-8-11-3-2-6-16-11/h4-5,7,9,11,15H,2-3,6,8H2,1H3. The van der Waals surface area contributed by atoms with E-state index < -0.39 is 11.9 Å². The Kier molecular flexibility index (Phi) is 3.97. The van der Waals surface area contributed by atoms with E-state index in [1.165, 1.54) is 6.07 Å². The fourth-order valence-corrected chi connectivity index (χ4v) is 1.85. The van der Waals surface area contributed by atoms with Gasteiger partial charge in [0.2, 0.25) is 0 Å². The van der Waals surface area contributed by atoms with Crippen LogP contribution >= 0.6 is 0 Å². The SMILES string of the molecule is CC(O)c1ccc(OCC2CCCO2)c(F)c1. The summed E-state index contributed by atoms with van der Waals surface area (Å²) in [7, 11) is 0.